The molecule has 0 amide bonds. The van der Waals surface area contributed by atoms with Gasteiger partial charge in [0.25, 0.3) is 5.69 Å². The van der Waals surface area contributed by atoms with E-state index in [-0.39, 0.29) is 10.6 Å². The molecule has 0 saturated heterocycles. The second-order valence-electron chi connectivity index (χ2n) is 5.81. The third-order valence-corrected chi connectivity index (χ3v) is 4.34. The Labute approximate surface area is 137 Å². The largest absolute Gasteiger partial charge is 0.361 e. The number of aromatic nitrogens is 1. The Balaban J connectivity index is 0.000000924. The lowest BCUT2D eigenvalue weighted by Gasteiger charge is -2.27. The number of nitro benzene ring substituents is 1. The van der Waals surface area contributed by atoms with E-state index in [1.54, 1.807) is 18.2 Å². The van der Waals surface area contributed by atoms with Crippen molar-refractivity contribution in [2.45, 2.75) is 39.2 Å². The summed E-state index contributed by atoms with van der Waals surface area (Å²) in [5.41, 5.74) is 3.49. The molecule has 1 aliphatic rings. The number of allylic oxidation sites excluding steroid dienone is 1. The van der Waals surface area contributed by atoms with Crippen molar-refractivity contribution in [1.82, 2.24) is 9.88 Å². The maximum atomic E-state index is 10.9. The lowest BCUT2D eigenvalue weighted by molar-refractivity contribution is -0.384. The topological polar surface area (TPSA) is 62.2 Å². The fraction of sp³-hybridized carbons (Fsp3) is 0.444. The van der Waals surface area contributed by atoms with E-state index in [1.807, 2.05) is 20.0 Å². The van der Waals surface area contributed by atoms with Gasteiger partial charge in [0.1, 0.15) is 0 Å². The number of fused-ring (bicyclic) bond motifs is 1. The molecule has 1 aliphatic carbocycles. The minimum absolute atomic E-state index is 0.144. The van der Waals surface area contributed by atoms with Crippen LogP contribution in [0.5, 0.6) is 0 Å². The van der Waals surface area contributed by atoms with Gasteiger partial charge in [-0.05, 0) is 45.0 Å². The Kier molecular flexibility index (Phi) is 5.55. The van der Waals surface area contributed by atoms with Gasteiger partial charge in [-0.25, -0.2) is 0 Å². The fourth-order valence-electron chi connectivity index (χ4n) is 3.02. The van der Waals surface area contributed by atoms with Crippen molar-refractivity contribution in [2.24, 2.45) is 0 Å². The number of hydrogen-bond donors (Lipinski definition) is 1. The van der Waals surface area contributed by atoms with Crippen molar-refractivity contribution >= 4 is 22.2 Å². The van der Waals surface area contributed by atoms with Gasteiger partial charge in [-0.2, -0.15) is 0 Å². The van der Waals surface area contributed by atoms with Gasteiger partial charge < -0.3 is 9.88 Å². The molecule has 1 aromatic heterocycles. The molecule has 124 valence electrons. The van der Waals surface area contributed by atoms with Crippen LogP contribution in [0.15, 0.2) is 30.5 Å². The van der Waals surface area contributed by atoms with Crippen molar-refractivity contribution in [3.63, 3.8) is 0 Å². The Morgan fingerprint density at radius 1 is 1.30 bits per heavy atom. The van der Waals surface area contributed by atoms with Crippen LogP contribution in [-0.2, 0) is 0 Å². The Hall–Kier alpha value is -2.14. The third kappa shape index (κ3) is 3.62. The average Bonchev–Trinajstić information content (AvgIpc) is 2.99. The van der Waals surface area contributed by atoms with Gasteiger partial charge in [0.05, 0.1) is 4.92 Å². The summed E-state index contributed by atoms with van der Waals surface area (Å²) in [5, 5.41) is 11.9. The number of H-pyrrole nitrogens is 1. The van der Waals surface area contributed by atoms with Gasteiger partial charge in [-0.15, -0.1) is 0 Å². The predicted octanol–water partition coefficient (Wildman–Crippen LogP) is 4.60. The summed E-state index contributed by atoms with van der Waals surface area (Å²) in [6, 6.07) is 5.58. The number of hydrogen-bond acceptors (Lipinski definition) is 3. The van der Waals surface area contributed by atoms with Crippen LogP contribution in [0.25, 0.3) is 16.5 Å². The summed E-state index contributed by atoms with van der Waals surface area (Å²) >= 11 is 0. The quantitative estimate of drug-likeness (QED) is 0.665. The van der Waals surface area contributed by atoms with Crippen molar-refractivity contribution < 1.29 is 4.92 Å². The summed E-state index contributed by atoms with van der Waals surface area (Å²) in [7, 11) is 4.22. The molecule has 1 heterocycles. The minimum atomic E-state index is -0.340. The number of aromatic amines is 1. The van der Waals surface area contributed by atoms with Crippen LogP contribution >= 0.6 is 0 Å². The maximum Gasteiger partial charge on any atom is 0.270 e. The van der Waals surface area contributed by atoms with Gasteiger partial charge >= 0.3 is 0 Å². The summed E-state index contributed by atoms with van der Waals surface area (Å²) < 4.78 is 0. The second-order valence-corrected chi connectivity index (χ2v) is 5.81. The molecule has 0 radical (unpaired) electrons. The Bertz CT molecular complexity index is 716. The minimum Gasteiger partial charge on any atom is -0.361 e. The van der Waals surface area contributed by atoms with Crippen LogP contribution < -0.4 is 0 Å². The number of rotatable bonds is 3. The van der Waals surface area contributed by atoms with Crippen LogP contribution in [0.4, 0.5) is 5.69 Å². The van der Waals surface area contributed by atoms with Gasteiger partial charge in [0, 0.05) is 40.8 Å². The van der Waals surface area contributed by atoms with E-state index < -0.39 is 0 Å². The first-order valence-corrected chi connectivity index (χ1v) is 8.17. The first-order valence-electron chi connectivity index (χ1n) is 8.17. The van der Waals surface area contributed by atoms with Crippen LogP contribution in [0, 0.1) is 10.1 Å². The predicted molar refractivity (Wildman–Crippen MR) is 95.6 cm³/mol. The second kappa shape index (κ2) is 7.42. The maximum absolute atomic E-state index is 10.9. The zero-order valence-electron chi connectivity index (χ0n) is 14.3. The highest BCUT2D eigenvalue weighted by atomic mass is 16.6. The first kappa shape index (κ1) is 17.2. The standard InChI is InChI=1S/C16H19N3O2.C2H6/c1-18(2)12-5-3-11(4-6-12)15-10-17-16-8-7-13(19(20)21)9-14(15)16;1-2/h3,7-10,12,17H,4-6H2,1-2H3;1-2H3. The SMILES string of the molecule is CC.CN(C)C1CC=C(c2c[nH]c3ccc([N+](=O)[O-])cc23)CC1. The fourth-order valence-corrected chi connectivity index (χ4v) is 3.02. The summed E-state index contributed by atoms with van der Waals surface area (Å²) in [6.07, 6.45) is 7.41. The van der Waals surface area contributed by atoms with Crippen LogP contribution in [0.3, 0.4) is 0 Å². The Morgan fingerprint density at radius 3 is 2.61 bits per heavy atom. The molecular formula is C18H25N3O2. The van der Waals surface area contributed by atoms with Gasteiger partial charge in [-0.3, -0.25) is 10.1 Å². The van der Waals surface area contributed by atoms with Gasteiger partial charge in [0.15, 0.2) is 0 Å². The summed E-state index contributed by atoms with van der Waals surface area (Å²) in [5.74, 6) is 0. The molecule has 3 rings (SSSR count). The van der Waals surface area contributed by atoms with Crippen LogP contribution in [-0.4, -0.2) is 34.9 Å². The van der Waals surface area contributed by atoms with Crippen molar-refractivity contribution in [3.05, 3.63) is 46.1 Å². The smallest absolute Gasteiger partial charge is 0.270 e. The highest BCUT2D eigenvalue weighted by Crippen LogP contribution is 2.34. The normalized spacial score (nSPS) is 17.6. The molecular weight excluding hydrogens is 290 g/mol. The molecule has 23 heavy (non-hydrogen) atoms. The lowest BCUT2D eigenvalue weighted by Crippen LogP contribution is -2.28. The van der Waals surface area contributed by atoms with E-state index in [4.69, 9.17) is 0 Å². The summed E-state index contributed by atoms with van der Waals surface area (Å²) in [6.45, 7) is 4.00. The zero-order valence-corrected chi connectivity index (χ0v) is 14.3. The van der Waals surface area contributed by atoms with Crippen molar-refractivity contribution in [1.29, 1.82) is 0 Å². The Morgan fingerprint density at radius 2 is 2.04 bits per heavy atom. The molecule has 0 aliphatic heterocycles. The number of nitrogens with one attached hydrogen (secondary N) is 1. The van der Waals surface area contributed by atoms with E-state index >= 15 is 0 Å². The molecule has 0 bridgehead atoms. The van der Waals surface area contributed by atoms with E-state index in [0.29, 0.717) is 6.04 Å². The highest BCUT2D eigenvalue weighted by molar-refractivity contribution is 5.94. The number of nitro groups is 1. The third-order valence-electron chi connectivity index (χ3n) is 4.34. The van der Waals surface area contributed by atoms with Crippen LogP contribution in [0.2, 0.25) is 0 Å². The van der Waals surface area contributed by atoms with E-state index in [9.17, 15) is 10.1 Å². The van der Waals surface area contributed by atoms with Crippen LogP contribution in [0.1, 0.15) is 38.7 Å². The number of nitrogens with zero attached hydrogens (tertiary/aromatic N) is 2. The lowest BCUT2D eigenvalue weighted by atomic mass is 9.90. The average molecular weight is 315 g/mol. The first-order chi connectivity index (χ1) is 11.1. The van der Waals surface area contributed by atoms with Crippen molar-refractivity contribution in [2.75, 3.05) is 14.1 Å². The number of non-ortho nitro benzene ring substituents is 1. The molecule has 1 atom stereocenters. The molecule has 0 fully saturated rings. The summed E-state index contributed by atoms with van der Waals surface area (Å²) in [4.78, 5) is 16.1. The van der Waals surface area contributed by atoms with Crippen molar-refractivity contribution in [3.8, 4) is 0 Å². The van der Waals surface area contributed by atoms with E-state index in [1.165, 1.54) is 5.57 Å². The van der Waals surface area contributed by atoms with Gasteiger partial charge in [0.2, 0.25) is 0 Å². The monoisotopic (exact) mass is 315 g/mol. The zero-order chi connectivity index (χ0) is 17.0. The van der Waals surface area contributed by atoms with E-state index in [0.717, 1.165) is 35.7 Å². The molecule has 1 aromatic carbocycles. The molecule has 5 nitrogen and oxygen atoms in total. The highest BCUT2D eigenvalue weighted by Gasteiger charge is 2.19. The van der Waals surface area contributed by atoms with E-state index in [2.05, 4.69) is 30.1 Å². The molecule has 2 aromatic rings. The molecule has 1 N–H and O–H groups in total. The number of benzene rings is 1. The molecule has 5 heteroatoms. The van der Waals surface area contributed by atoms with Gasteiger partial charge in [-0.1, -0.05) is 19.9 Å². The molecule has 0 spiro atoms. The molecule has 1 unspecified atom stereocenters. The molecule has 0 saturated carbocycles.